The van der Waals surface area contributed by atoms with Gasteiger partial charge in [-0.1, -0.05) is 42.1 Å². The highest BCUT2D eigenvalue weighted by atomic mass is 32.2. The smallest absolute Gasteiger partial charge is 0.296 e. The fourth-order valence-corrected chi connectivity index (χ4v) is 3.82. The van der Waals surface area contributed by atoms with Gasteiger partial charge in [0.25, 0.3) is 5.91 Å². The first kappa shape index (κ1) is 19.0. The number of H-pyrrole nitrogens is 2. The van der Waals surface area contributed by atoms with E-state index in [9.17, 15) is 9.70 Å². The van der Waals surface area contributed by atoms with Crippen molar-refractivity contribution in [3.63, 3.8) is 0 Å². The van der Waals surface area contributed by atoms with Crippen molar-refractivity contribution in [2.24, 2.45) is 5.18 Å². The first-order valence-electron chi connectivity index (χ1n) is 9.40. The van der Waals surface area contributed by atoms with Crippen LogP contribution in [0.5, 0.6) is 0 Å². The molecule has 0 saturated heterocycles. The summed E-state index contributed by atoms with van der Waals surface area (Å²) >= 11 is 1.03. The quantitative estimate of drug-likeness (QED) is 0.281. The van der Waals surface area contributed by atoms with Crippen LogP contribution in [0.1, 0.15) is 0 Å². The van der Waals surface area contributed by atoms with Gasteiger partial charge in [-0.3, -0.25) is 9.89 Å². The molecule has 3 aromatic heterocycles. The third kappa shape index (κ3) is 3.90. The minimum Gasteiger partial charge on any atom is -0.453 e. The number of thioether (sulfide) groups is 1. The van der Waals surface area contributed by atoms with Gasteiger partial charge in [0.2, 0.25) is 5.16 Å². The Balaban J connectivity index is 1.38. The lowest BCUT2D eigenvalue weighted by Crippen LogP contribution is -1.95. The number of nitrogens with zero attached hydrogens (tertiary/aromatic N) is 3. The van der Waals surface area contributed by atoms with Gasteiger partial charge in [-0.15, -0.1) is 10.0 Å². The first-order valence-corrected chi connectivity index (χ1v) is 10.4. The van der Waals surface area contributed by atoms with E-state index in [1.807, 2.05) is 36.4 Å². The lowest BCUT2D eigenvalue weighted by atomic mass is 10.1. The molecule has 2 aromatic carbocycles. The molecule has 0 radical (unpaired) electrons. The van der Waals surface area contributed by atoms with Crippen LogP contribution in [0.2, 0.25) is 0 Å². The average molecular weight is 429 g/mol. The Morgan fingerprint density at radius 3 is 2.68 bits per heavy atom. The van der Waals surface area contributed by atoms with Crippen LogP contribution in [0.4, 0.5) is 0 Å². The molecule has 0 unspecified atom stereocenters. The molecule has 0 aliphatic heterocycles. The molecule has 0 spiro atoms. The summed E-state index contributed by atoms with van der Waals surface area (Å²) in [6.45, 7) is 0. The molecule has 9 heteroatoms. The SMILES string of the molecule is O=NC(=O)CSc1n[nH]c(-c2ccc(-c3ccc4[nH]c(-c5ccccc5)cc4c3)o2)n1. The number of hydrogen-bond acceptors (Lipinski definition) is 6. The average Bonchev–Trinajstić information content (AvgIpc) is 3.56. The number of aromatic nitrogens is 4. The van der Waals surface area contributed by atoms with Crippen LogP contribution in [0.15, 0.2) is 81.5 Å². The van der Waals surface area contributed by atoms with E-state index in [2.05, 4.69) is 49.6 Å². The Hall–Kier alpha value is -3.98. The van der Waals surface area contributed by atoms with Gasteiger partial charge in [-0.25, -0.2) is 0 Å². The number of nitroso groups, excluding NO2 is 1. The van der Waals surface area contributed by atoms with Gasteiger partial charge in [0.15, 0.2) is 11.6 Å². The van der Waals surface area contributed by atoms with E-state index in [1.54, 1.807) is 6.07 Å². The van der Waals surface area contributed by atoms with Crippen molar-refractivity contribution in [2.75, 3.05) is 5.75 Å². The van der Waals surface area contributed by atoms with Crippen molar-refractivity contribution < 1.29 is 9.21 Å². The minimum atomic E-state index is -0.757. The van der Waals surface area contributed by atoms with Gasteiger partial charge >= 0.3 is 0 Å². The highest BCUT2D eigenvalue weighted by Crippen LogP contribution is 2.31. The lowest BCUT2D eigenvalue weighted by molar-refractivity contribution is -0.115. The molecule has 8 nitrogen and oxygen atoms in total. The predicted molar refractivity (Wildman–Crippen MR) is 118 cm³/mol. The van der Waals surface area contributed by atoms with E-state index in [1.165, 1.54) is 0 Å². The zero-order valence-corrected chi connectivity index (χ0v) is 16.8. The number of benzene rings is 2. The van der Waals surface area contributed by atoms with E-state index in [-0.39, 0.29) is 5.75 Å². The molecule has 0 saturated carbocycles. The molecule has 0 bridgehead atoms. The number of rotatable bonds is 6. The maximum Gasteiger partial charge on any atom is 0.296 e. The minimum absolute atomic E-state index is 0.105. The number of amides is 1. The monoisotopic (exact) mass is 429 g/mol. The zero-order valence-electron chi connectivity index (χ0n) is 16.0. The van der Waals surface area contributed by atoms with Crippen molar-refractivity contribution in [1.29, 1.82) is 0 Å². The highest BCUT2D eigenvalue weighted by Gasteiger charge is 2.14. The maximum atomic E-state index is 11.0. The Bertz CT molecular complexity index is 1390. The van der Waals surface area contributed by atoms with E-state index in [0.29, 0.717) is 22.5 Å². The van der Waals surface area contributed by atoms with Gasteiger partial charge in [-0.2, -0.15) is 4.98 Å². The van der Waals surface area contributed by atoms with Crippen molar-refractivity contribution in [3.05, 3.63) is 71.6 Å². The molecule has 0 fully saturated rings. The van der Waals surface area contributed by atoms with Crippen LogP contribution >= 0.6 is 11.8 Å². The molecular formula is C22H15N5O3S. The number of fused-ring (bicyclic) bond motifs is 1. The Morgan fingerprint density at radius 2 is 1.84 bits per heavy atom. The van der Waals surface area contributed by atoms with Crippen LogP contribution < -0.4 is 0 Å². The summed E-state index contributed by atoms with van der Waals surface area (Å²) in [7, 11) is 0. The van der Waals surface area contributed by atoms with Gasteiger partial charge in [0, 0.05) is 27.3 Å². The second-order valence-corrected chi connectivity index (χ2v) is 7.70. The van der Waals surface area contributed by atoms with Crippen LogP contribution in [-0.2, 0) is 4.79 Å². The summed E-state index contributed by atoms with van der Waals surface area (Å²) < 4.78 is 5.97. The number of nitrogens with one attached hydrogen (secondary N) is 2. The Kier molecular flexibility index (Phi) is 4.93. The molecule has 152 valence electrons. The third-order valence-corrected chi connectivity index (χ3v) is 5.55. The normalized spacial score (nSPS) is 11.1. The van der Waals surface area contributed by atoms with Gasteiger partial charge < -0.3 is 9.40 Å². The predicted octanol–water partition coefficient (Wildman–Crippen LogP) is 5.27. The number of carbonyl (C=O) groups is 1. The first-order chi connectivity index (χ1) is 15.2. The van der Waals surface area contributed by atoms with Gasteiger partial charge in [-0.05, 0) is 42.0 Å². The second-order valence-electron chi connectivity index (χ2n) is 6.76. The van der Waals surface area contributed by atoms with E-state index < -0.39 is 5.91 Å². The second kappa shape index (κ2) is 8.04. The molecule has 5 aromatic rings. The summed E-state index contributed by atoms with van der Waals surface area (Å²) in [5.74, 6) is 0.798. The number of aromatic amines is 2. The standard InChI is InChI=1S/C22H15N5O3S/c28-20(27-29)12-31-22-24-21(25-26-22)19-9-8-18(30-19)14-6-7-16-15(10-14)11-17(23-16)13-4-2-1-3-5-13/h1-11,23H,12H2,(H,24,25,26). The Labute approximate surface area is 180 Å². The Morgan fingerprint density at radius 1 is 1.00 bits per heavy atom. The third-order valence-electron chi connectivity index (χ3n) is 4.72. The van der Waals surface area contributed by atoms with E-state index in [4.69, 9.17) is 4.42 Å². The molecule has 31 heavy (non-hydrogen) atoms. The number of furan rings is 1. The largest absolute Gasteiger partial charge is 0.453 e. The summed E-state index contributed by atoms with van der Waals surface area (Å²) in [5.41, 5.74) is 4.17. The van der Waals surface area contributed by atoms with Crippen LogP contribution in [-0.4, -0.2) is 31.8 Å². The van der Waals surface area contributed by atoms with Gasteiger partial charge in [0.1, 0.15) is 5.76 Å². The molecule has 0 aliphatic carbocycles. The molecular weight excluding hydrogens is 414 g/mol. The van der Waals surface area contributed by atoms with E-state index >= 15 is 0 Å². The van der Waals surface area contributed by atoms with Crippen molar-refractivity contribution in [3.8, 4) is 34.2 Å². The highest BCUT2D eigenvalue weighted by molar-refractivity contribution is 7.99. The zero-order chi connectivity index (χ0) is 21.2. The molecule has 2 N–H and O–H groups in total. The molecule has 3 heterocycles. The van der Waals surface area contributed by atoms with E-state index in [0.717, 1.165) is 39.5 Å². The topological polar surface area (TPSA) is 117 Å². The van der Waals surface area contributed by atoms with Crippen LogP contribution in [0.3, 0.4) is 0 Å². The fraction of sp³-hybridized carbons (Fsp3) is 0.0455. The van der Waals surface area contributed by atoms with Crippen molar-refractivity contribution >= 4 is 28.6 Å². The maximum absolute atomic E-state index is 11.0. The summed E-state index contributed by atoms with van der Waals surface area (Å²) in [6.07, 6.45) is 0. The van der Waals surface area contributed by atoms with Crippen LogP contribution in [0, 0.1) is 4.91 Å². The van der Waals surface area contributed by atoms with Gasteiger partial charge in [0.05, 0.1) is 5.75 Å². The van der Waals surface area contributed by atoms with Crippen molar-refractivity contribution in [1.82, 2.24) is 20.2 Å². The summed E-state index contributed by atoms with van der Waals surface area (Å²) in [6, 6.07) is 22.1. The molecule has 0 aliphatic rings. The molecule has 1 amide bonds. The lowest BCUT2D eigenvalue weighted by Gasteiger charge is -1.97. The fourth-order valence-electron chi connectivity index (χ4n) is 3.25. The summed E-state index contributed by atoms with van der Waals surface area (Å²) in [4.78, 5) is 28.9. The van der Waals surface area contributed by atoms with Crippen molar-refractivity contribution in [2.45, 2.75) is 5.16 Å². The molecule has 0 atom stereocenters. The molecule has 5 rings (SSSR count). The van der Waals surface area contributed by atoms with Crippen LogP contribution in [0.25, 0.3) is 45.1 Å². The number of carbonyl (C=O) groups excluding carboxylic acids is 1. The number of hydrogen-bond donors (Lipinski definition) is 2. The summed E-state index contributed by atoms with van der Waals surface area (Å²) in [5, 5.41) is 10.6.